The Labute approximate surface area is 132 Å². The normalized spacial score (nSPS) is 14.3. The van der Waals surface area contributed by atoms with Crippen LogP contribution in [-0.4, -0.2) is 55.7 Å². The molecule has 23 heavy (non-hydrogen) atoms. The van der Waals surface area contributed by atoms with Crippen molar-refractivity contribution in [1.29, 1.82) is 0 Å². The van der Waals surface area contributed by atoms with E-state index >= 15 is 0 Å². The van der Waals surface area contributed by atoms with Crippen LogP contribution in [0.15, 0.2) is 4.79 Å². The highest BCUT2D eigenvalue weighted by molar-refractivity contribution is 5.90. The van der Waals surface area contributed by atoms with Crippen molar-refractivity contribution in [2.24, 2.45) is 7.05 Å². The highest BCUT2D eigenvalue weighted by atomic mass is 16.5. The smallest absolute Gasteiger partial charge is 0.314 e. The molecule has 0 bridgehead atoms. The molecule has 1 N–H and O–H groups in total. The molecule has 0 radical (unpaired) electrons. The third-order valence-electron chi connectivity index (χ3n) is 3.85. The Kier molecular flexibility index (Phi) is 3.85. The molecule has 0 fully saturated rings. The molecule has 0 saturated heterocycles. The highest BCUT2D eigenvalue weighted by Gasteiger charge is 2.25. The van der Waals surface area contributed by atoms with E-state index in [9.17, 15) is 9.59 Å². The Hall–Kier alpha value is -2.71. The topological polar surface area (TPSA) is 106 Å². The van der Waals surface area contributed by atoms with Gasteiger partial charge in [-0.05, 0) is 13.3 Å². The molecule has 0 aliphatic carbocycles. The molecule has 9 nitrogen and oxygen atoms in total. The van der Waals surface area contributed by atoms with Crippen molar-refractivity contribution in [1.82, 2.24) is 29.6 Å². The number of hydrogen-bond donors (Lipinski definition) is 1. The Morgan fingerprint density at radius 2 is 2.00 bits per heavy atom. The van der Waals surface area contributed by atoms with Gasteiger partial charge in [0.05, 0.1) is 12.8 Å². The van der Waals surface area contributed by atoms with Gasteiger partial charge in [-0.25, -0.2) is 9.67 Å². The highest BCUT2D eigenvalue weighted by Crippen LogP contribution is 2.13. The molecule has 0 spiro atoms. The number of amides is 1. The van der Waals surface area contributed by atoms with Crippen LogP contribution in [0.4, 0.5) is 0 Å². The van der Waals surface area contributed by atoms with Gasteiger partial charge < -0.3 is 14.6 Å². The van der Waals surface area contributed by atoms with Crippen molar-refractivity contribution in [3.8, 4) is 6.01 Å². The summed E-state index contributed by atoms with van der Waals surface area (Å²) in [5.74, 6) is 0.405. The van der Waals surface area contributed by atoms with E-state index in [1.54, 1.807) is 18.9 Å². The second kappa shape index (κ2) is 5.82. The first-order chi connectivity index (χ1) is 11.0. The van der Waals surface area contributed by atoms with Crippen LogP contribution in [-0.2, 0) is 19.9 Å². The lowest BCUT2D eigenvalue weighted by molar-refractivity contribution is 0.0750. The van der Waals surface area contributed by atoms with E-state index in [4.69, 9.17) is 4.74 Å². The Morgan fingerprint density at radius 1 is 1.26 bits per heavy atom. The van der Waals surface area contributed by atoms with Gasteiger partial charge in [0.25, 0.3) is 11.5 Å². The molecule has 3 heterocycles. The van der Waals surface area contributed by atoms with Gasteiger partial charge in [-0.2, -0.15) is 4.98 Å². The minimum absolute atomic E-state index is 0.0911. The van der Waals surface area contributed by atoms with Crippen LogP contribution < -0.4 is 10.3 Å². The van der Waals surface area contributed by atoms with E-state index in [-0.39, 0.29) is 23.3 Å². The fraction of sp³-hybridized carbons (Fsp3) is 0.500. The predicted molar refractivity (Wildman–Crippen MR) is 80.5 cm³/mol. The van der Waals surface area contributed by atoms with Crippen molar-refractivity contribution in [2.75, 3.05) is 20.2 Å². The monoisotopic (exact) mass is 318 g/mol. The summed E-state index contributed by atoms with van der Waals surface area (Å²) in [4.78, 5) is 37.4. The number of carbonyl (C=O) groups is 1. The Bertz CT molecular complexity index is 809. The average Bonchev–Trinajstić information content (AvgIpc) is 2.75. The number of nitrogens with one attached hydrogen (secondary N) is 1. The molecule has 0 saturated carbocycles. The first-order valence-electron chi connectivity index (χ1n) is 7.32. The largest absolute Gasteiger partial charge is 0.467 e. The molecular formula is C14H18N6O3. The van der Waals surface area contributed by atoms with Gasteiger partial charge in [-0.15, -0.1) is 5.10 Å². The zero-order valence-corrected chi connectivity index (χ0v) is 13.3. The van der Waals surface area contributed by atoms with Crippen molar-refractivity contribution in [3.63, 3.8) is 0 Å². The summed E-state index contributed by atoms with van der Waals surface area (Å²) < 4.78 is 6.44. The van der Waals surface area contributed by atoms with Crippen LogP contribution in [0.2, 0.25) is 0 Å². The molecule has 1 aliphatic heterocycles. The molecule has 0 atom stereocenters. The van der Waals surface area contributed by atoms with Crippen LogP contribution in [0.25, 0.3) is 0 Å². The van der Waals surface area contributed by atoms with E-state index in [1.807, 2.05) is 0 Å². The number of aromatic nitrogens is 5. The third kappa shape index (κ3) is 2.81. The zero-order chi connectivity index (χ0) is 16.6. The SMILES string of the molecule is COc1nc(C(=O)N2CCc3nc(C)[nH]c(=O)c3CC2)nn1C. The summed E-state index contributed by atoms with van der Waals surface area (Å²) in [6.07, 6.45) is 1.00. The van der Waals surface area contributed by atoms with Crippen molar-refractivity contribution in [2.45, 2.75) is 19.8 Å². The summed E-state index contributed by atoms with van der Waals surface area (Å²) in [5, 5.41) is 4.07. The number of fused-ring (bicyclic) bond motifs is 1. The molecule has 0 aromatic carbocycles. The van der Waals surface area contributed by atoms with Crippen LogP contribution in [0.1, 0.15) is 27.7 Å². The molecular weight excluding hydrogens is 300 g/mol. The summed E-state index contributed by atoms with van der Waals surface area (Å²) >= 11 is 0. The van der Waals surface area contributed by atoms with Gasteiger partial charge >= 0.3 is 6.01 Å². The van der Waals surface area contributed by atoms with E-state index in [0.29, 0.717) is 37.3 Å². The van der Waals surface area contributed by atoms with E-state index < -0.39 is 0 Å². The Morgan fingerprint density at radius 3 is 2.70 bits per heavy atom. The number of H-pyrrole nitrogens is 1. The standard InChI is InChI=1S/C14H18N6O3/c1-8-15-10-5-7-20(6-4-9(10)12(21)16-8)13(22)11-17-14(23-3)19(2)18-11/h4-7H2,1-3H3,(H,15,16,21). The minimum Gasteiger partial charge on any atom is -0.467 e. The van der Waals surface area contributed by atoms with Gasteiger partial charge in [0, 0.05) is 32.1 Å². The van der Waals surface area contributed by atoms with E-state index in [0.717, 1.165) is 5.69 Å². The van der Waals surface area contributed by atoms with Gasteiger partial charge in [0.2, 0.25) is 5.82 Å². The summed E-state index contributed by atoms with van der Waals surface area (Å²) in [6.45, 7) is 2.65. The van der Waals surface area contributed by atoms with Gasteiger partial charge in [0.15, 0.2) is 0 Å². The molecule has 2 aromatic heterocycles. The average molecular weight is 318 g/mol. The molecule has 9 heteroatoms. The van der Waals surface area contributed by atoms with Crippen molar-refractivity contribution in [3.05, 3.63) is 33.3 Å². The van der Waals surface area contributed by atoms with Crippen LogP contribution in [0.3, 0.4) is 0 Å². The summed E-state index contributed by atoms with van der Waals surface area (Å²) in [7, 11) is 3.13. The predicted octanol–water partition coefficient (Wildman–Crippen LogP) is -0.544. The lowest BCUT2D eigenvalue weighted by Gasteiger charge is -2.17. The van der Waals surface area contributed by atoms with Crippen LogP contribution in [0, 0.1) is 6.92 Å². The zero-order valence-electron chi connectivity index (χ0n) is 13.3. The maximum Gasteiger partial charge on any atom is 0.314 e. The van der Waals surface area contributed by atoms with Gasteiger partial charge in [0.1, 0.15) is 5.82 Å². The number of carbonyl (C=O) groups excluding carboxylic acids is 1. The number of rotatable bonds is 2. The second-order valence-corrected chi connectivity index (χ2v) is 5.41. The minimum atomic E-state index is -0.273. The molecule has 2 aromatic rings. The molecule has 3 rings (SSSR count). The number of aryl methyl sites for hydroxylation is 2. The first kappa shape index (κ1) is 15.2. The summed E-state index contributed by atoms with van der Waals surface area (Å²) in [6, 6.07) is 0.278. The first-order valence-corrected chi connectivity index (χ1v) is 7.32. The van der Waals surface area contributed by atoms with E-state index in [2.05, 4.69) is 20.1 Å². The molecule has 0 unspecified atom stereocenters. The lowest BCUT2D eigenvalue weighted by atomic mass is 10.1. The number of methoxy groups -OCH3 is 1. The second-order valence-electron chi connectivity index (χ2n) is 5.41. The van der Waals surface area contributed by atoms with Crippen molar-refractivity contribution < 1.29 is 9.53 Å². The lowest BCUT2D eigenvalue weighted by Crippen LogP contribution is -2.34. The van der Waals surface area contributed by atoms with Crippen molar-refractivity contribution >= 4 is 5.91 Å². The molecule has 122 valence electrons. The number of nitrogens with zero attached hydrogens (tertiary/aromatic N) is 5. The quantitative estimate of drug-likeness (QED) is 0.797. The molecule has 1 amide bonds. The number of aromatic amines is 1. The van der Waals surface area contributed by atoms with Gasteiger partial charge in [-0.1, -0.05) is 0 Å². The number of ether oxygens (including phenoxy) is 1. The maximum absolute atomic E-state index is 12.6. The fourth-order valence-electron chi connectivity index (χ4n) is 2.72. The number of hydrogen-bond acceptors (Lipinski definition) is 6. The Balaban J connectivity index is 1.82. The maximum atomic E-state index is 12.6. The van der Waals surface area contributed by atoms with Crippen LogP contribution in [0.5, 0.6) is 6.01 Å². The van der Waals surface area contributed by atoms with Crippen LogP contribution >= 0.6 is 0 Å². The summed E-state index contributed by atoms with van der Waals surface area (Å²) in [5.41, 5.74) is 1.28. The van der Waals surface area contributed by atoms with E-state index in [1.165, 1.54) is 11.8 Å². The fourth-order valence-corrected chi connectivity index (χ4v) is 2.72. The molecule has 1 aliphatic rings. The third-order valence-corrected chi connectivity index (χ3v) is 3.85. The van der Waals surface area contributed by atoms with Gasteiger partial charge in [-0.3, -0.25) is 9.59 Å².